The van der Waals surface area contributed by atoms with Gasteiger partial charge in [-0.1, -0.05) is 29.3 Å². The first-order chi connectivity index (χ1) is 8.97. The van der Waals surface area contributed by atoms with Crippen LogP contribution in [0.2, 0.25) is 10.0 Å². The van der Waals surface area contributed by atoms with E-state index in [2.05, 4.69) is 0 Å². The topological polar surface area (TPSA) is 72.6 Å². The number of rotatable bonds is 3. The highest BCUT2D eigenvalue weighted by Crippen LogP contribution is 2.39. The summed E-state index contributed by atoms with van der Waals surface area (Å²) in [5.74, 6) is 0.434. The summed E-state index contributed by atoms with van der Waals surface area (Å²) in [5, 5.41) is 20.0. The molecule has 0 fully saturated rings. The Bertz CT molecular complexity index is 622. The largest absolute Gasteiger partial charge is 0.508 e. The lowest BCUT2D eigenvalue weighted by Crippen LogP contribution is -1.91. The molecule has 2 rings (SSSR count). The summed E-state index contributed by atoms with van der Waals surface area (Å²) in [4.78, 5) is 10.0. The van der Waals surface area contributed by atoms with E-state index in [1.807, 2.05) is 0 Å². The van der Waals surface area contributed by atoms with Crippen molar-refractivity contribution in [2.75, 3.05) is 0 Å². The van der Waals surface area contributed by atoms with E-state index in [4.69, 9.17) is 27.9 Å². The number of ether oxygens (including phenoxy) is 1. The van der Waals surface area contributed by atoms with Gasteiger partial charge in [-0.2, -0.15) is 0 Å². The molecule has 0 aromatic heterocycles. The number of aromatic hydroxyl groups is 1. The molecule has 98 valence electrons. The van der Waals surface area contributed by atoms with E-state index in [-0.39, 0.29) is 27.2 Å². The molecule has 0 unspecified atom stereocenters. The molecule has 0 atom stereocenters. The second kappa shape index (κ2) is 5.34. The number of phenols is 1. The summed E-state index contributed by atoms with van der Waals surface area (Å²) in [7, 11) is 0. The first-order valence-corrected chi connectivity index (χ1v) is 5.83. The van der Waals surface area contributed by atoms with Crippen molar-refractivity contribution in [3.05, 3.63) is 56.6 Å². The first kappa shape index (κ1) is 13.5. The average Bonchev–Trinajstić information content (AvgIpc) is 2.33. The molecule has 0 radical (unpaired) electrons. The molecule has 0 saturated heterocycles. The molecule has 19 heavy (non-hydrogen) atoms. The van der Waals surface area contributed by atoms with E-state index >= 15 is 0 Å². The van der Waals surface area contributed by atoms with E-state index < -0.39 is 4.92 Å². The lowest BCUT2D eigenvalue weighted by atomic mass is 10.3. The van der Waals surface area contributed by atoms with Crippen LogP contribution in [-0.4, -0.2) is 10.0 Å². The molecule has 0 amide bonds. The standard InChI is InChI=1S/C12H7Cl2NO4/c13-10-4-7(15(17)18)5-11(14)12(10)19-9-3-1-2-8(16)6-9/h1-6,16H. The highest BCUT2D eigenvalue weighted by molar-refractivity contribution is 6.37. The van der Waals surface area contributed by atoms with Gasteiger partial charge in [-0.25, -0.2) is 0 Å². The summed E-state index contributed by atoms with van der Waals surface area (Å²) in [6.45, 7) is 0. The number of non-ortho nitro benzene ring substituents is 1. The molecule has 2 aromatic rings. The minimum absolute atomic E-state index is 0.0162. The van der Waals surface area contributed by atoms with Gasteiger partial charge in [0, 0.05) is 18.2 Å². The van der Waals surface area contributed by atoms with E-state index in [1.165, 1.54) is 12.1 Å². The SMILES string of the molecule is O=[N+]([O-])c1cc(Cl)c(Oc2cccc(O)c2)c(Cl)c1. The van der Waals surface area contributed by atoms with Gasteiger partial charge in [0.2, 0.25) is 0 Å². The predicted octanol–water partition coefficient (Wildman–Crippen LogP) is 4.40. The highest BCUT2D eigenvalue weighted by atomic mass is 35.5. The van der Waals surface area contributed by atoms with Crippen molar-refractivity contribution >= 4 is 28.9 Å². The third kappa shape index (κ3) is 3.07. The molecule has 2 aromatic carbocycles. The van der Waals surface area contributed by atoms with Gasteiger partial charge in [0.1, 0.15) is 11.5 Å². The Morgan fingerprint density at radius 3 is 2.32 bits per heavy atom. The zero-order chi connectivity index (χ0) is 14.0. The number of hydrogen-bond acceptors (Lipinski definition) is 4. The molecule has 0 aliphatic carbocycles. The smallest absolute Gasteiger partial charge is 0.272 e. The van der Waals surface area contributed by atoms with Crippen LogP contribution in [0.5, 0.6) is 17.2 Å². The fourth-order valence-corrected chi connectivity index (χ4v) is 1.97. The number of hydrogen-bond donors (Lipinski definition) is 1. The van der Waals surface area contributed by atoms with Crippen LogP contribution in [-0.2, 0) is 0 Å². The molecular formula is C12H7Cl2NO4. The number of nitrogens with zero attached hydrogens (tertiary/aromatic N) is 1. The quantitative estimate of drug-likeness (QED) is 0.673. The molecule has 0 aliphatic heterocycles. The Morgan fingerprint density at radius 2 is 1.79 bits per heavy atom. The Balaban J connectivity index is 2.38. The maximum Gasteiger partial charge on any atom is 0.272 e. The molecule has 0 bridgehead atoms. The van der Waals surface area contributed by atoms with Gasteiger partial charge in [-0.15, -0.1) is 0 Å². The maximum atomic E-state index is 10.6. The molecule has 0 heterocycles. The van der Waals surface area contributed by atoms with Crippen LogP contribution in [0.3, 0.4) is 0 Å². The fraction of sp³-hybridized carbons (Fsp3) is 0. The first-order valence-electron chi connectivity index (χ1n) is 5.07. The normalized spacial score (nSPS) is 10.2. The number of nitro groups is 1. The van der Waals surface area contributed by atoms with Crippen LogP contribution in [0.15, 0.2) is 36.4 Å². The van der Waals surface area contributed by atoms with E-state index in [1.54, 1.807) is 12.1 Å². The van der Waals surface area contributed by atoms with Gasteiger partial charge in [0.15, 0.2) is 5.75 Å². The van der Waals surface area contributed by atoms with Crippen molar-refractivity contribution in [2.45, 2.75) is 0 Å². The minimum atomic E-state index is -0.601. The highest BCUT2D eigenvalue weighted by Gasteiger charge is 2.16. The number of halogens is 2. The van der Waals surface area contributed by atoms with Crippen LogP contribution in [0.1, 0.15) is 0 Å². The second-order valence-corrected chi connectivity index (χ2v) is 4.41. The average molecular weight is 300 g/mol. The van der Waals surface area contributed by atoms with Gasteiger partial charge >= 0.3 is 0 Å². The van der Waals surface area contributed by atoms with Crippen LogP contribution in [0.4, 0.5) is 5.69 Å². The minimum Gasteiger partial charge on any atom is -0.508 e. The van der Waals surface area contributed by atoms with Gasteiger partial charge in [-0.05, 0) is 12.1 Å². The number of phenolic OH excluding ortho intramolecular Hbond substituents is 1. The lowest BCUT2D eigenvalue weighted by Gasteiger charge is -2.09. The van der Waals surface area contributed by atoms with E-state index in [0.717, 1.165) is 12.1 Å². The van der Waals surface area contributed by atoms with Crippen molar-refractivity contribution < 1.29 is 14.8 Å². The zero-order valence-corrected chi connectivity index (χ0v) is 10.9. The molecule has 0 saturated carbocycles. The molecule has 1 N–H and O–H groups in total. The summed E-state index contributed by atoms with van der Waals surface area (Å²) >= 11 is 11.8. The third-order valence-electron chi connectivity index (χ3n) is 2.23. The van der Waals surface area contributed by atoms with Gasteiger partial charge in [0.05, 0.1) is 15.0 Å². The summed E-state index contributed by atoms with van der Waals surface area (Å²) in [6.07, 6.45) is 0. The summed E-state index contributed by atoms with van der Waals surface area (Å²) in [5.41, 5.74) is -0.224. The molecule has 7 heteroatoms. The zero-order valence-electron chi connectivity index (χ0n) is 9.34. The van der Waals surface area contributed by atoms with Crippen LogP contribution < -0.4 is 4.74 Å². The third-order valence-corrected chi connectivity index (χ3v) is 2.79. The summed E-state index contributed by atoms with van der Waals surface area (Å²) in [6, 6.07) is 8.31. The molecular weight excluding hydrogens is 293 g/mol. The monoisotopic (exact) mass is 299 g/mol. The van der Waals surface area contributed by atoms with Crippen molar-refractivity contribution in [3.63, 3.8) is 0 Å². The Labute approximate surface area is 118 Å². The van der Waals surface area contributed by atoms with Crippen LogP contribution >= 0.6 is 23.2 Å². The van der Waals surface area contributed by atoms with Crippen molar-refractivity contribution in [1.29, 1.82) is 0 Å². The Kier molecular flexibility index (Phi) is 3.78. The van der Waals surface area contributed by atoms with Crippen LogP contribution in [0, 0.1) is 10.1 Å². The van der Waals surface area contributed by atoms with Crippen molar-refractivity contribution in [1.82, 2.24) is 0 Å². The van der Waals surface area contributed by atoms with Crippen LogP contribution in [0.25, 0.3) is 0 Å². The fourth-order valence-electron chi connectivity index (χ4n) is 1.41. The predicted molar refractivity (Wildman–Crippen MR) is 71.3 cm³/mol. The number of nitro benzene ring substituents is 1. The van der Waals surface area contributed by atoms with Crippen molar-refractivity contribution in [2.24, 2.45) is 0 Å². The lowest BCUT2D eigenvalue weighted by molar-refractivity contribution is -0.384. The van der Waals surface area contributed by atoms with Gasteiger partial charge < -0.3 is 9.84 Å². The molecule has 5 nitrogen and oxygen atoms in total. The Hall–Kier alpha value is -1.98. The van der Waals surface area contributed by atoms with Crippen molar-refractivity contribution in [3.8, 4) is 17.2 Å². The molecule has 0 spiro atoms. The van der Waals surface area contributed by atoms with Gasteiger partial charge in [-0.3, -0.25) is 10.1 Å². The maximum absolute atomic E-state index is 10.6. The molecule has 0 aliphatic rings. The summed E-state index contributed by atoms with van der Waals surface area (Å²) < 4.78 is 5.41. The van der Waals surface area contributed by atoms with E-state index in [0.29, 0.717) is 5.75 Å². The number of benzene rings is 2. The van der Waals surface area contributed by atoms with E-state index in [9.17, 15) is 15.2 Å². The second-order valence-electron chi connectivity index (χ2n) is 3.60. The van der Waals surface area contributed by atoms with Gasteiger partial charge in [0.25, 0.3) is 5.69 Å². The Morgan fingerprint density at radius 1 is 1.16 bits per heavy atom.